The maximum Gasteiger partial charge on any atom is 0.264 e. The molecule has 1 atom stereocenters. The number of piperazine rings is 2. The third-order valence-corrected chi connectivity index (χ3v) is 7.32. The zero-order valence-corrected chi connectivity index (χ0v) is 19.4. The van der Waals surface area contributed by atoms with Gasteiger partial charge in [-0.3, -0.25) is 34.3 Å². The number of piperidine rings is 1. The first-order valence-corrected chi connectivity index (χ1v) is 12.3. The lowest BCUT2D eigenvalue weighted by Gasteiger charge is -2.37. The average molecular weight is 469 g/mol. The van der Waals surface area contributed by atoms with Crippen LogP contribution in [0.15, 0.2) is 18.2 Å². The molecule has 5 rings (SSSR count). The highest BCUT2D eigenvalue weighted by atomic mass is 16.2. The van der Waals surface area contributed by atoms with Crippen molar-refractivity contribution in [2.24, 2.45) is 0 Å². The predicted molar refractivity (Wildman–Crippen MR) is 126 cm³/mol. The van der Waals surface area contributed by atoms with Crippen molar-refractivity contribution in [3.05, 3.63) is 29.3 Å². The summed E-state index contributed by atoms with van der Waals surface area (Å²) >= 11 is 0. The molecule has 0 aliphatic carbocycles. The molecule has 10 nitrogen and oxygen atoms in total. The second-order valence-electron chi connectivity index (χ2n) is 9.42. The quantitative estimate of drug-likeness (QED) is 0.539. The summed E-state index contributed by atoms with van der Waals surface area (Å²) in [5.74, 6) is -1.85. The molecule has 1 aromatic rings. The van der Waals surface area contributed by atoms with Crippen molar-refractivity contribution in [1.29, 1.82) is 0 Å². The fraction of sp³-hybridized carbons (Fsp3) is 0.583. The zero-order chi connectivity index (χ0) is 23.7. The summed E-state index contributed by atoms with van der Waals surface area (Å²) in [6, 6.07) is 4.40. The summed E-state index contributed by atoms with van der Waals surface area (Å²) < 4.78 is 0. The van der Waals surface area contributed by atoms with Crippen LogP contribution in [0.25, 0.3) is 0 Å². The van der Waals surface area contributed by atoms with E-state index in [-0.39, 0.29) is 18.7 Å². The van der Waals surface area contributed by atoms with Crippen LogP contribution in [0.2, 0.25) is 0 Å². The average Bonchev–Trinajstić information content (AvgIpc) is 3.10. The minimum absolute atomic E-state index is 0.118. The molecule has 10 heteroatoms. The third kappa shape index (κ3) is 4.45. The minimum Gasteiger partial charge on any atom is -0.368 e. The largest absolute Gasteiger partial charge is 0.368 e. The monoisotopic (exact) mass is 468 g/mol. The highest BCUT2D eigenvalue weighted by molar-refractivity contribution is 6.25. The number of anilines is 1. The maximum atomic E-state index is 13.3. The number of rotatable bonds is 6. The number of hydrogen-bond acceptors (Lipinski definition) is 8. The first-order valence-electron chi connectivity index (χ1n) is 12.3. The molecule has 0 aromatic heterocycles. The molecule has 4 aliphatic heterocycles. The molecule has 34 heavy (non-hydrogen) atoms. The van der Waals surface area contributed by atoms with Gasteiger partial charge >= 0.3 is 0 Å². The van der Waals surface area contributed by atoms with Crippen molar-refractivity contribution < 1.29 is 19.2 Å². The fourth-order valence-corrected chi connectivity index (χ4v) is 5.43. The molecule has 0 saturated carbocycles. The number of nitrogens with zero attached hydrogens (tertiary/aromatic N) is 4. The standard InChI is InChI=1S/C24H32N6O4/c31-20-6-5-19(22(32)26-20)30-23(33)17-3-1-4-18(21(17)24(30)34)29-15-13-28(14-16-29)10-2-9-27-11-7-25-8-12-27/h1,3-4,19,25H,2,5-16H2,(H,26,31,32). The molecule has 2 N–H and O–H groups in total. The van der Waals surface area contributed by atoms with Gasteiger partial charge in [0.1, 0.15) is 6.04 Å². The summed E-state index contributed by atoms with van der Waals surface area (Å²) in [7, 11) is 0. The van der Waals surface area contributed by atoms with Crippen LogP contribution in [0.3, 0.4) is 0 Å². The summed E-state index contributed by atoms with van der Waals surface area (Å²) in [6.45, 7) is 9.95. The highest BCUT2D eigenvalue weighted by Gasteiger charge is 2.46. The number of fused-ring (bicyclic) bond motifs is 1. The summed E-state index contributed by atoms with van der Waals surface area (Å²) in [4.78, 5) is 58.5. The number of carbonyl (C=O) groups excluding carboxylic acids is 4. The van der Waals surface area contributed by atoms with E-state index < -0.39 is 23.8 Å². The van der Waals surface area contributed by atoms with Gasteiger partial charge in [-0.1, -0.05) is 6.07 Å². The van der Waals surface area contributed by atoms with Gasteiger partial charge in [-0.2, -0.15) is 0 Å². The van der Waals surface area contributed by atoms with Gasteiger partial charge in [0.15, 0.2) is 0 Å². The Morgan fingerprint density at radius 2 is 1.56 bits per heavy atom. The molecule has 0 radical (unpaired) electrons. The van der Waals surface area contributed by atoms with E-state index in [2.05, 4.69) is 25.3 Å². The zero-order valence-electron chi connectivity index (χ0n) is 19.4. The maximum absolute atomic E-state index is 13.3. The SMILES string of the molecule is O=C1CCC(N2C(=O)c3cccc(N4CCN(CCCN5CCNCC5)CC4)c3C2=O)C(=O)N1. The lowest BCUT2D eigenvalue weighted by Crippen LogP contribution is -2.54. The molecule has 182 valence electrons. The Balaban J connectivity index is 1.22. The molecule has 3 saturated heterocycles. The summed E-state index contributed by atoms with van der Waals surface area (Å²) in [6.07, 6.45) is 1.43. The van der Waals surface area contributed by atoms with Crippen LogP contribution in [0.4, 0.5) is 5.69 Å². The van der Waals surface area contributed by atoms with E-state index in [4.69, 9.17) is 0 Å². The Hall–Kier alpha value is -2.82. The fourth-order valence-electron chi connectivity index (χ4n) is 5.43. The second kappa shape index (κ2) is 9.81. The topological polar surface area (TPSA) is 105 Å². The van der Waals surface area contributed by atoms with Gasteiger partial charge in [0.2, 0.25) is 11.8 Å². The summed E-state index contributed by atoms with van der Waals surface area (Å²) in [5.41, 5.74) is 1.47. The van der Waals surface area contributed by atoms with Crippen LogP contribution >= 0.6 is 0 Å². The van der Waals surface area contributed by atoms with Crippen molar-refractivity contribution in [3.8, 4) is 0 Å². The number of hydrogen-bond donors (Lipinski definition) is 2. The van der Waals surface area contributed by atoms with E-state index in [1.165, 1.54) is 0 Å². The Morgan fingerprint density at radius 3 is 2.26 bits per heavy atom. The molecule has 4 amide bonds. The molecule has 1 unspecified atom stereocenters. The summed E-state index contributed by atoms with van der Waals surface area (Å²) in [5, 5.41) is 5.63. The number of amides is 4. The highest BCUT2D eigenvalue weighted by Crippen LogP contribution is 2.34. The predicted octanol–water partition coefficient (Wildman–Crippen LogP) is -0.495. The lowest BCUT2D eigenvalue weighted by atomic mass is 10.0. The van der Waals surface area contributed by atoms with Crippen molar-refractivity contribution in [3.63, 3.8) is 0 Å². The smallest absolute Gasteiger partial charge is 0.264 e. The van der Waals surface area contributed by atoms with Gasteiger partial charge in [0.25, 0.3) is 11.8 Å². The minimum atomic E-state index is -0.939. The molecule has 1 aromatic carbocycles. The Labute approximate surface area is 199 Å². The van der Waals surface area contributed by atoms with Crippen molar-refractivity contribution >= 4 is 29.3 Å². The first-order chi connectivity index (χ1) is 16.5. The third-order valence-electron chi connectivity index (χ3n) is 7.32. The second-order valence-corrected chi connectivity index (χ2v) is 9.42. The number of imide groups is 2. The molecule has 3 fully saturated rings. The van der Waals surface area contributed by atoms with Gasteiger partial charge in [0, 0.05) is 58.8 Å². The molecular weight excluding hydrogens is 436 g/mol. The van der Waals surface area contributed by atoms with E-state index in [0.717, 1.165) is 82.5 Å². The van der Waals surface area contributed by atoms with Gasteiger partial charge in [-0.25, -0.2) is 0 Å². The van der Waals surface area contributed by atoms with E-state index in [1.54, 1.807) is 12.1 Å². The van der Waals surface area contributed by atoms with E-state index in [0.29, 0.717) is 11.1 Å². The van der Waals surface area contributed by atoms with E-state index in [9.17, 15) is 19.2 Å². The molecule has 4 heterocycles. The van der Waals surface area contributed by atoms with Crippen molar-refractivity contribution in [2.75, 3.05) is 70.3 Å². The van der Waals surface area contributed by atoms with E-state index >= 15 is 0 Å². The number of carbonyl (C=O) groups is 4. The van der Waals surface area contributed by atoms with Crippen LogP contribution in [0.1, 0.15) is 40.0 Å². The van der Waals surface area contributed by atoms with Gasteiger partial charge in [-0.15, -0.1) is 0 Å². The van der Waals surface area contributed by atoms with Crippen LogP contribution < -0.4 is 15.5 Å². The Bertz CT molecular complexity index is 984. The van der Waals surface area contributed by atoms with Crippen LogP contribution in [0, 0.1) is 0 Å². The Morgan fingerprint density at radius 1 is 0.853 bits per heavy atom. The molecular formula is C24H32N6O4. The van der Waals surface area contributed by atoms with Gasteiger partial charge in [0.05, 0.1) is 16.8 Å². The normalized spacial score (nSPS) is 24.5. The van der Waals surface area contributed by atoms with Crippen LogP contribution in [0.5, 0.6) is 0 Å². The first kappa shape index (κ1) is 22.9. The van der Waals surface area contributed by atoms with Crippen LogP contribution in [-0.2, 0) is 9.59 Å². The van der Waals surface area contributed by atoms with Gasteiger partial charge < -0.3 is 15.1 Å². The van der Waals surface area contributed by atoms with Crippen molar-refractivity contribution in [2.45, 2.75) is 25.3 Å². The number of nitrogens with one attached hydrogen (secondary N) is 2. The van der Waals surface area contributed by atoms with Crippen molar-refractivity contribution in [1.82, 2.24) is 25.3 Å². The number of benzene rings is 1. The Kier molecular flexibility index (Phi) is 6.62. The lowest BCUT2D eigenvalue weighted by molar-refractivity contribution is -0.136. The molecule has 0 spiro atoms. The molecule has 4 aliphatic rings. The van der Waals surface area contributed by atoms with Gasteiger partial charge in [-0.05, 0) is 38.1 Å². The van der Waals surface area contributed by atoms with E-state index in [1.807, 2.05) is 6.07 Å². The van der Waals surface area contributed by atoms with Crippen LogP contribution in [-0.4, -0.2) is 110 Å². The molecule has 0 bridgehead atoms.